The van der Waals surface area contributed by atoms with Crippen molar-refractivity contribution in [2.24, 2.45) is 0 Å². The van der Waals surface area contributed by atoms with Gasteiger partial charge >= 0.3 is 0 Å². The maximum atomic E-state index is 8.22. The molecule has 5 rings (SSSR count). The Bertz CT molecular complexity index is 1220. The normalized spacial score (nSPS) is 17.0. The molecule has 0 spiro atoms. The van der Waals surface area contributed by atoms with Gasteiger partial charge in [0.15, 0.2) is 0 Å². The zero-order valence-corrected chi connectivity index (χ0v) is 29.8. The van der Waals surface area contributed by atoms with Gasteiger partial charge in [-0.15, -0.1) is 0 Å². The van der Waals surface area contributed by atoms with Crippen molar-refractivity contribution in [3.63, 3.8) is 0 Å². The molecule has 3 N–H and O–H groups in total. The summed E-state index contributed by atoms with van der Waals surface area (Å²) in [5.74, 6) is 1.11. The quantitative estimate of drug-likeness (QED) is 0.0998. The number of aliphatic hydroxyl groups is 1. The highest BCUT2D eigenvalue weighted by molar-refractivity contribution is 7.79. The van der Waals surface area contributed by atoms with Gasteiger partial charge in [0.05, 0.1) is 12.4 Å². The molecule has 250 valence electrons. The van der Waals surface area contributed by atoms with Crippen LogP contribution in [0.25, 0.3) is 5.57 Å². The van der Waals surface area contributed by atoms with Gasteiger partial charge in [0.25, 0.3) is 0 Å². The minimum absolute atomic E-state index is 0.363. The zero-order chi connectivity index (χ0) is 32.6. The summed E-state index contributed by atoms with van der Waals surface area (Å²) in [5.41, 5.74) is 9.15. The number of thiol groups is 1. The first-order valence-electron chi connectivity index (χ1n) is 17.3. The van der Waals surface area contributed by atoms with Crippen molar-refractivity contribution in [2.45, 2.75) is 117 Å². The van der Waals surface area contributed by atoms with Crippen molar-refractivity contribution in [2.75, 3.05) is 43.1 Å². The minimum Gasteiger partial charge on any atom is -0.516 e. The highest BCUT2D eigenvalue weighted by Crippen LogP contribution is 2.36. The van der Waals surface area contributed by atoms with Crippen molar-refractivity contribution >= 4 is 29.7 Å². The van der Waals surface area contributed by atoms with Crippen LogP contribution in [0.4, 0.5) is 11.5 Å². The average Bonchev–Trinajstić information content (AvgIpc) is 3.00. The number of pyridine rings is 1. The fourth-order valence-electron chi connectivity index (χ4n) is 6.05. The van der Waals surface area contributed by atoms with Crippen molar-refractivity contribution in [1.82, 2.24) is 9.88 Å². The molecular weight excluding hydrogens is 577 g/mol. The van der Waals surface area contributed by atoms with E-state index >= 15 is 0 Å². The van der Waals surface area contributed by atoms with E-state index in [1.807, 2.05) is 0 Å². The van der Waals surface area contributed by atoms with Crippen molar-refractivity contribution in [3.05, 3.63) is 70.6 Å². The van der Waals surface area contributed by atoms with Crippen LogP contribution in [0.2, 0.25) is 0 Å². The third-order valence-electron chi connectivity index (χ3n) is 8.90. The SMILES string of the molecule is CC/C=C(\C)c1cccc(C(C)N2CC(OCCCCCc3ccc4c(n3)NCCC4)C2)c1NC(C)C.CS.OC=C1CCC1. The van der Waals surface area contributed by atoms with Crippen molar-refractivity contribution in [1.29, 1.82) is 0 Å². The number of benzene rings is 1. The van der Waals surface area contributed by atoms with Crippen LogP contribution in [0.5, 0.6) is 0 Å². The predicted octanol–water partition coefficient (Wildman–Crippen LogP) is 9.41. The van der Waals surface area contributed by atoms with Gasteiger partial charge in [-0.1, -0.05) is 43.7 Å². The monoisotopic (exact) mass is 636 g/mol. The van der Waals surface area contributed by atoms with Gasteiger partial charge in [0.1, 0.15) is 5.82 Å². The summed E-state index contributed by atoms with van der Waals surface area (Å²) >= 11 is 3.53. The van der Waals surface area contributed by atoms with Gasteiger partial charge in [-0.05, 0) is 120 Å². The van der Waals surface area contributed by atoms with E-state index < -0.39 is 0 Å². The summed E-state index contributed by atoms with van der Waals surface area (Å²) in [4.78, 5) is 7.37. The van der Waals surface area contributed by atoms with Crippen LogP contribution in [-0.2, 0) is 17.6 Å². The fraction of sp³-hybridized carbons (Fsp3) is 0.605. The average molecular weight is 637 g/mol. The van der Waals surface area contributed by atoms with Crippen LogP contribution in [0.15, 0.2) is 48.2 Å². The summed E-state index contributed by atoms with van der Waals surface area (Å²) in [5, 5.41) is 15.4. The lowest BCUT2D eigenvalue weighted by molar-refractivity contribution is -0.0705. The van der Waals surface area contributed by atoms with Gasteiger partial charge in [-0.25, -0.2) is 4.98 Å². The van der Waals surface area contributed by atoms with E-state index in [0.717, 1.165) is 70.6 Å². The molecule has 1 saturated carbocycles. The number of nitrogens with zero attached hydrogens (tertiary/aromatic N) is 2. The Morgan fingerprint density at radius 2 is 1.87 bits per heavy atom. The highest BCUT2D eigenvalue weighted by Gasteiger charge is 2.32. The molecular formula is C38H60N4O2S. The van der Waals surface area contributed by atoms with E-state index in [-0.39, 0.29) is 0 Å². The molecule has 0 radical (unpaired) electrons. The van der Waals surface area contributed by atoms with E-state index in [9.17, 15) is 0 Å². The molecule has 1 atom stereocenters. The standard InChI is InChI=1S/C32H48N4O.C5H8O.CH4S/c1-6-12-24(4)29-15-10-16-30(31(29)34-23(2)3)25(5)36-21-28(22-36)37-20-9-7-8-14-27-18-17-26-13-11-19-33-32(26)35-27;6-4-5-2-1-3-5;1-2/h10,12,15-18,23,25,28,34H,6-9,11,13-14,19-22H2,1-5H3,(H,33,35);4,6H,1-3H2;2H,1H3/b24-12+;;. The number of allylic oxidation sites excluding steroid dienone is 3. The summed E-state index contributed by atoms with van der Waals surface area (Å²) in [6.07, 6.45) is 17.1. The molecule has 1 aromatic heterocycles. The summed E-state index contributed by atoms with van der Waals surface area (Å²) < 4.78 is 6.22. The number of unbranched alkanes of at least 4 members (excludes halogenated alkanes) is 2. The van der Waals surface area contributed by atoms with Crippen LogP contribution in [0.3, 0.4) is 0 Å². The number of anilines is 2. The number of ether oxygens (including phenoxy) is 1. The lowest BCUT2D eigenvalue weighted by Gasteiger charge is -2.43. The third-order valence-corrected chi connectivity index (χ3v) is 8.90. The molecule has 3 aliphatic rings. The lowest BCUT2D eigenvalue weighted by atomic mass is 9.94. The molecule has 2 fully saturated rings. The number of nitrogens with one attached hydrogen (secondary N) is 2. The molecule has 1 aliphatic carbocycles. The first kappa shape index (κ1) is 37.0. The van der Waals surface area contributed by atoms with E-state index in [4.69, 9.17) is 14.8 Å². The molecule has 2 aliphatic heterocycles. The first-order valence-corrected chi connectivity index (χ1v) is 18.2. The molecule has 1 aromatic carbocycles. The molecule has 7 heteroatoms. The number of rotatable bonds is 13. The summed E-state index contributed by atoms with van der Waals surface area (Å²) in [6, 6.07) is 12.0. The van der Waals surface area contributed by atoms with Crippen LogP contribution in [0.1, 0.15) is 114 Å². The van der Waals surface area contributed by atoms with E-state index in [2.05, 4.69) is 99.2 Å². The summed E-state index contributed by atoms with van der Waals surface area (Å²) in [6.45, 7) is 15.2. The van der Waals surface area contributed by atoms with E-state index in [1.54, 1.807) is 6.26 Å². The third kappa shape index (κ3) is 11.4. The highest BCUT2D eigenvalue weighted by atomic mass is 32.1. The Morgan fingerprint density at radius 3 is 2.51 bits per heavy atom. The van der Waals surface area contributed by atoms with Crippen LogP contribution >= 0.6 is 12.6 Å². The second kappa shape index (κ2) is 19.9. The second-order valence-corrected chi connectivity index (χ2v) is 12.8. The van der Waals surface area contributed by atoms with Gasteiger partial charge in [0.2, 0.25) is 0 Å². The van der Waals surface area contributed by atoms with Gasteiger partial charge in [0, 0.05) is 55.3 Å². The van der Waals surface area contributed by atoms with Crippen molar-refractivity contribution in [3.8, 4) is 0 Å². The number of hydrogen-bond donors (Lipinski definition) is 4. The fourth-order valence-corrected chi connectivity index (χ4v) is 6.05. The molecule has 3 heterocycles. The lowest BCUT2D eigenvalue weighted by Crippen LogP contribution is -2.53. The van der Waals surface area contributed by atoms with Crippen LogP contribution in [-0.4, -0.2) is 59.6 Å². The predicted molar refractivity (Wildman–Crippen MR) is 197 cm³/mol. The molecule has 6 nitrogen and oxygen atoms in total. The Kier molecular flexibility index (Phi) is 16.4. The first-order chi connectivity index (χ1) is 21.9. The minimum atomic E-state index is 0.363. The topological polar surface area (TPSA) is 69.7 Å². The number of aliphatic hydroxyl groups excluding tert-OH is 1. The smallest absolute Gasteiger partial charge is 0.129 e. The van der Waals surface area contributed by atoms with Gasteiger partial charge in [-0.3, -0.25) is 4.90 Å². The van der Waals surface area contributed by atoms with Crippen molar-refractivity contribution < 1.29 is 9.84 Å². The second-order valence-electron chi connectivity index (χ2n) is 12.8. The molecule has 0 amide bonds. The van der Waals surface area contributed by atoms with Gasteiger partial charge in [-0.2, -0.15) is 12.6 Å². The Balaban J connectivity index is 0.000000608. The molecule has 2 aromatic rings. The number of likely N-dealkylation sites (tertiary alicyclic amines) is 1. The number of aryl methyl sites for hydroxylation is 2. The number of fused-ring (bicyclic) bond motifs is 1. The number of para-hydroxylation sites is 1. The van der Waals surface area contributed by atoms with E-state index in [1.165, 1.54) is 71.2 Å². The molecule has 1 unspecified atom stereocenters. The maximum absolute atomic E-state index is 8.22. The molecule has 45 heavy (non-hydrogen) atoms. The Hall–Kier alpha value is -2.48. The Labute approximate surface area is 279 Å². The van der Waals surface area contributed by atoms with E-state index in [0.29, 0.717) is 18.2 Å². The number of aromatic nitrogens is 1. The van der Waals surface area contributed by atoms with Crippen LogP contribution in [0, 0.1) is 0 Å². The largest absolute Gasteiger partial charge is 0.516 e. The molecule has 0 bridgehead atoms. The van der Waals surface area contributed by atoms with Gasteiger partial charge < -0.3 is 20.5 Å². The number of hydrogen-bond acceptors (Lipinski definition) is 7. The summed E-state index contributed by atoms with van der Waals surface area (Å²) in [7, 11) is 0. The zero-order valence-electron chi connectivity index (χ0n) is 28.9. The van der Waals surface area contributed by atoms with Crippen LogP contribution < -0.4 is 10.6 Å². The maximum Gasteiger partial charge on any atom is 0.129 e. The molecule has 1 saturated heterocycles. The Morgan fingerprint density at radius 1 is 1.09 bits per heavy atom.